The van der Waals surface area contributed by atoms with Gasteiger partial charge in [-0.05, 0) is 24.1 Å². The highest BCUT2D eigenvalue weighted by Gasteiger charge is 2.30. The van der Waals surface area contributed by atoms with Gasteiger partial charge in [-0.15, -0.1) is 0 Å². The minimum absolute atomic E-state index is 0.0461. The molecule has 2 atom stereocenters. The van der Waals surface area contributed by atoms with Crippen LogP contribution in [-0.4, -0.2) is 41.7 Å². The topological polar surface area (TPSA) is 49.8 Å². The fraction of sp³-hybridized carbons (Fsp3) is 0.500. The van der Waals surface area contributed by atoms with E-state index >= 15 is 0 Å². The molecule has 1 aliphatic rings. The molecule has 0 bridgehead atoms. The number of benzene rings is 1. The van der Waals surface area contributed by atoms with Gasteiger partial charge in [-0.1, -0.05) is 35.0 Å². The van der Waals surface area contributed by atoms with Crippen LogP contribution in [0.2, 0.25) is 0 Å². The van der Waals surface area contributed by atoms with E-state index in [4.69, 9.17) is 4.74 Å². The summed E-state index contributed by atoms with van der Waals surface area (Å²) in [4.78, 5) is 13.2. The van der Waals surface area contributed by atoms with Crippen molar-refractivity contribution < 1.29 is 14.6 Å². The van der Waals surface area contributed by atoms with Crippen LogP contribution in [0.15, 0.2) is 28.7 Å². The molecular formula is C14H18BrNO3. The minimum atomic E-state index is -0.751. The highest BCUT2D eigenvalue weighted by atomic mass is 79.9. The number of hydrogen-bond acceptors (Lipinski definition) is 3. The van der Waals surface area contributed by atoms with Crippen LogP contribution in [0.4, 0.5) is 0 Å². The third-order valence-corrected chi connectivity index (χ3v) is 3.98. The SMILES string of the molecule is CCC(C(=O)O)N1CCOC(c2ccc(Br)cc2)C1. The molecular weight excluding hydrogens is 310 g/mol. The first-order valence-electron chi connectivity index (χ1n) is 6.45. The third kappa shape index (κ3) is 3.55. The summed E-state index contributed by atoms with van der Waals surface area (Å²) < 4.78 is 6.79. The van der Waals surface area contributed by atoms with Crippen LogP contribution >= 0.6 is 15.9 Å². The standard InChI is InChI=1S/C14H18BrNO3/c1-2-12(14(17)18)16-7-8-19-13(9-16)10-3-5-11(15)6-4-10/h3-6,12-13H,2,7-9H2,1H3,(H,17,18). The van der Waals surface area contributed by atoms with Gasteiger partial charge < -0.3 is 9.84 Å². The number of carboxylic acid groups (broad SMARTS) is 1. The smallest absolute Gasteiger partial charge is 0.320 e. The highest BCUT2D eigenvalue weighted by Crippen LogP contribution is 2.25. The number of rotatable bonds is 4. The van der Waals surface area contributed by atoms with Crippen molar-refractivity contribution in [1.29, 1.82) is 0 Å². The van der Waals surface area contributed by atoms with Crippen molar-refractivity contribution in [3.63, 3.8) is 0 Å². The van der Waals surface area contributed by atoms with Gasteiger partial charge in [0.1, 0.15) is 6.04 Å². The molecule has 0 saturated carbocycles. The monoisotopic (exact) mass is 327 g/mol. The van der Waals surface area contributed by atoms with E-state index < -0.39 is 12.0 Å². The number of nitrogens with zero attached hydrogens (tertiary/aromatic N) is 1. The molecule has 0 amide bonds. The van der Waals surface area contributed by atoms with E-state index in [1.54, 1.807) is 0 Å². The summed E-state index contributed by atoms with van der Waals surface area (Å²) in [6.07, 6.45) is 0.567. The summed E-state index contributed by atoms with van der Waals surface area (Å²) in [5.41, 5.74) is 1.09. The summed E-state index contributed by atoms with van der Waals surface area (Å²) in [5.74, 6) is -0.751. The summed E-state index contributed by atoms with van der Waals surface area (Å²) >= 11 is 3.41. The molecule has 2 rings (SSSR count). The van der Waals surface area contributed by atoms with Crippen LogP contribution in [0.3, 0.4) is 0 Å². The molecule has 0 aliphatic carbocycles. The lowest BCUT2D eigenvalue weighted by molar-refractivity contribution is -0.147. The molecule has 5 heteroatoms. The van der Waals surface area contributed by atoms with Crippen LogP contribution < -0.4 is 0 Å². The molecule has 1 fully saturated rings. The molecule has 0 radical (unpaired) electrons. The second kappa shape index (κ2) is 6.50. The average molecular weight is 328 g/mol. The number of hydrogen-bond donors (Lipinski definition) is 1. The van der Waals surface area contributed by atoms with E-state index in [0.717, 1.165) is 10.0 Å². The van der Waals surface area contributed by atoms with Crippen LogP contribution in [0, 0.1) is 0 Å². The Kier molecular flexibility index (Phi) is 4.96. The van der Waals surface area contributed by atoms with Gasteiger partial charge >= 0.3 is 5.97 Å². The van der Waals surface area contributed by atoms with Gasteiger partial charge in [0, 0.05) is 17.6 Å². The lowest BCUT2D eigenvalue weighted by Gasteiger charge is -2.36. The first kappa shape index (κ1) is 14.5. The van der Waals surface area contributed by atoms with E-state index in [1.807, 2.05) is 36.1 Å². The van der Waals surface area contributed by atoms with Crippen molar-refractivity contribution in [2.75, 3.05) is 19.7 Å². The molecule has 0 aromatic heterocycles. The molecule has 104 valence electrons. The maximum Gasteiger partial charge on any atom is 0.320 e. The summed E-state index contributed by atoms with van der Waals surface area (Å²) in [6.45, 7) is 3.79. The van der Waals surface area contributed by atoms with E-state index in [9.17, 15) is 9.90 Å². The molecule has 0 spiro atoms. The van der Waals surface area contributed by atoms with Crippen LogP contribution in [0.1, 0.15) is 25.0 Å². The Morgan fingerprint density at radius 1 is 1.53 bits per heavy atom. The second-order valence-corrected chi connectivity index (χ2v) is 5.58. The van der Waals surface area contributed by atoms with E-state index in [0.29, 0.717) is 26.1 Å². The average Bonchev–Trinajstić information content (AvgIpc) is 2.40. The van der Waals surface area contributed by atoms with E-state index in [1.165, 1.54) is 0 Å². The molecule has 1 aromatic rings. The molecule has 1 aromatic carbocycles. The number of morpholine rings is 1. The minimum Gasteiger partial charge on any atom is -0.480 e. The Morgan fingerprint density at radius 3 is 2.79 bits per heavy atom. The Hall–Kier alpha value is -0.910. The largest absolute Gasteiger partial charge is 0.480 e. The van der Waals surface area contributed by atoms with Crippen molar-refractivity contribution in [3.05, 3.63) is 34.3 Å². The van der Waals surface area contributed by atoms with Gasteiger partial charge in [0.15, 0.2) is 0 Å². The Bertz CT molecular complexity index is 435. The van der Waals surface area contributed by atoms with E-state index in [2.05, 4.69) is 15.9 Å². The number of ether oxygens (including phenoxy) is 1. The van der Waals surface area contributed by atoms with Gasteiger partial charge in [0.2, 0.25) is 0 Å². The lowest BCUT2D eigenvalue weighted by Crippen LogP contribution is -2.48. The molecule has 19 heavy (non-hydrogen) atoms. The van der Waals surface area contributed by atoms with Gasteiger partial charge in [0.05, 0.1) is 12.7 Å². The Labute approximate surface area is 121 Å². The van der Waals surface area contributed by atoms with Crippen molar-refractivity contribution in [3.8, 4) is 0 Å². The summed E-state index contributed by atoms with van der Waals surface area (Å²) in [7, 11) is 0. The Balaban J connectivity index is 2.08. The molecule has 1 heterocycles. The van der Waals surface area contributed by atoms with Crippen molar-refractivity contribution in [2.24, 2.45) is 0 Å². The highest BCUT2D eigenvalue weighted by molar-refractivity contribution is 9.10. The predicted octanol–water partition coefficient (Wildman–Crippen LogP) is 2.69. The molecule has 1 aliphatic heterocycles. The van der Waals surface area contributed by atoms with Gasteiger partial charge in [-0.2, -0.15) is 0 Å². The molecule has 2 unspecified atom stereocenters. The fourth-order valence-electron chi connectivity index (χ4n) is 2.42. The first-order valence-corrected chi connectivity index (χ1v) is 7.25. The van der Waals surface area contributed by atoms with Gasteiger partial charge in [-0.25, -0.2) is 0 Å². The van der Waals surface area contributed by atoms with Gasteiger partial charge in [0.25, 0.3) is 0 Å². The van der Waals surface area contributed by atoms with Crippen LogP contribution in [0.25, 0.3) is 0 Å². The van der Waals surface area contributed by atoms with Crippen LogP contribution in [-0.2, 0) is 9.53 Å². The zero-order chi connectivity index (χ0) is 13.8. The maximum atomic E-state index is 11.2. The maximum absolute atomic E-state index is 11.2. The summed E-state index contributed by atoms with van der Waals surface area (Å²) in [6, 6.07) is 7.57. The zero-order valence-corrected chi connectivity index (χ0v) is 12.5. The summed E-state index contributed by atoms with van der Waals surface area (Å²) in [5, 5.41) is 9.23. The fourth-order valence-corrected chi connectivity index (χ4v) is 2.68. The lowest BCUT2D eigenvalue weighted by atomic mass is 10.1. The molecule has 1 N–H and O–H groups in total. The van der Waals surface area contributed by atoms with E-state index in [-0.39, 0.29) is 6.10 Å². The van der Waals surface area contributed by atoms with Crippen LogP contribution in [0.5, 0.6) is 0 Å². The number of carbonyl (C=O) groups is 1. The number of aliphatic carboxylic acids is 1. The quantitative estimate of drug-likeness (QED) is 0.923. The van der Waals surface area contributed by atoms with Crippen molar-refractivity contribution in [2.45, 2.75) is 25.5 Å². The zero-order valence-electron chi connectivity index (χ0n) is 10.9. The normalized spacial score (nSPS) is 22.1. The molecule has 4 nitrogen and oxygen atoms in total. The predicted molar refractivity (Wildman–Crippen MR) is 76.1 cm³/mol. The third-order valence-electron chi connectivity index (χ3n) is 3.45. The molecule has 1 saturated heterocycles. The van der Waals surface area contributed by atoms with Crippen molar-refractivity contribution >= 4 is 21.9 Å². The van der Waals surface area contributed by atoms with Crippen molar-refractivity contribution in [1.82, 2.24) is 4.90 Å². The first-order chi connectivity index (χ1) is 9.11. The number of carboxylic acids is 1. The Morgan fingerprint density at radius 2 is 2.21 bits per heavy atom. The second-order valence-electron chi connectivity index (χ2n) is 4.67. The number of halogens is 1. The van der Waals surface area contributed by atoms with Gasteiger partial charge in [-0.3, -0.25) is 9.69 Å².